The minimum Gasteiger partial charge on any atom is -0.496 e. The van der Waals surface area contributed by atoms with Crippen LogP contribution in [0.2, 0.25) is 0 Å². The maximum absolute atomic E-state index is 5.99. The molecule has 3 rings (SSSR count). The van der Waals surface area contributed by atoms with Crippen LogP contribution < -0.4 is 10.1 Å². The second-order valence-corrected chi connectivity index (χ2v) is 7.50. The highest BCUT2D eigenvalue weighted by molar-refractivity contribution is 6.66. The molecule has 0 spiro atoms. The lowest BCUT2D eigenvalue weighted by atomic mass is 10.2. The molecular formula is C17H14Cl3N5O. The largest absolute Gasteiger partial charge is 0.496 e. The standard InChI is InChI=1S/C17H14Cl3N5O/c1-26-13-7-3-2-6-12(13)14-23-15(17(18,19)20)25-16(24-14)22-10-11-5-4-8-21-9-11/h2-9H,10H2,1H3,(H,22,23,24,25). The fourth-order valence-corrected chi connectivity index (χ4v) is 2.47. The Morgan fingerprint density at radius 2 is 1.85 bits per heavy atom. The number of rotatable bonds is 5. The van der Waals surface area contributed by atoms with Crippen LogP contribution in [0.5, 0.6) is 5.75 Å². The summed E-state index contributed by atoms with van der Waals surface area (Å²) in [7, 11) is 1.57. The van der Waals surface area contributed by atoms with Gasteiger partial charge in [0.2, 0.25) is 9.74 Å². The van der Waals surface area contributed by atoms with E-state index < -0.39 is 3.79 Å². The lowest BCUT2D eigenvalue weighted by molar-refractivity contribution is 0.416. The van der Waals surface area contributed by atoms with Gasteiger partial charge in [-0.05, 0) is 23.8 Å². The van der Waals surface area contributed by atoms with Crippen molar-refractivity contribution in [3.05, 3.63) is 60.2 Å². The predicted molar refractivity (Wildman–Crippen MR) is 103 cm³/mol. The van der Waals surface area contributed by atoms with Gasteiger partial charge < -0.3 is 10.1 Å². The highest BCUT2D eigenvalue weighted by atomic mass is 35.6. The van der Waals surface area contributed by atoms with Crippen LogP contribution in [0, 0.1) is 0 Å². The lowest BCUT2D eigenvalue weighted by Gasteiger charge is -2.14. The van der Waals surface area contributed by atoms with E-state index in [2.05, 4.69) is 25.3 Å². The quantitative estimate of drug-likeness (QED) is 0.629. The first kappa shape index (κ1) is 18.6. The predicted octanol–water partition coefficient (Wildman–Crippen LogP) is 4.38. The number of ether oxygens (including phenoxy) is 1. The number of para-hydroxylation sites is 1. The molecule has 26 heavy (non-hydrogen) atoms. The molecule has 2 heterocycles. The van der Waals surface area contributed by atoms with Crippen LogP contribution in [0.3, 0.4) is 0 Å². The normalized spacial score (nSPS) is 11.2. The van der Waals surface area contributed by atoms with Crippen molar-refractivity contribution in [2.24, 2.45) is 0 Å². The van der Waals surface area contributed by atoms with Crippen molar-refractivity contribution < 1.29 is 4.74 Å². The fourth-order valence-electron chi connectivity index (χ4n) is 2.22. The van der Waals surface area contributed by atoms with E-state index in [1.807, 2.05) is 30.3 Å². The zero-order chi connectivity index (χ0) is 18.6. The third-order valence-corrected chi connectivity index (χ3v) is 3.92. The Hall–Kier alpha value is -2.15. The third kappa shape index (κ3) is 4.52. The average molecular weight is 411 g/mol. The highest BCUT2D eigenvalue weighted by Crippen LogP contribution is 2.37. The number of methoxy groups -OCH3 is 1. The Morgan fingerprint density at radius 3 is 2.54 bits per heavy atom. The second kappa shape index (κ2) is 8.03. The van der Waals surface area contributed by atoms with Gasteiger partial charge in [-0.15, -0.1) is 0 Å². The number of pyridine rings is 1. The molecular weight excluding hydrogens is 397 g/mol. The maximum atomic E-state index is 5.99. The van der Waals surface area contributed by atoms with Crippen LogP contribution >= 0.6 is 34.8 Å². The summed E-state index contributed by atoms with van der Waals surface area (Å²) in [5.74, 6) is 1.25. The molecule has 1 N–H and O–H groups in total. The topological polar surface area (TPSA) is 72.8 Å². The van der Waals surface area contributed by atoms with Gasteiger partial charge in [0.25, 0.3) is 0 Å². The van der Waals surface area contributed by atoms with Gasteiger partial charge in [0.1, 0.15) is 5.75 Å². The van der Waals surface area contributed by atoms with Crippen molar-refractivity contribution in [1.29, 1.82) is 0 Å². The molecule has 0 amide bonds. The van der Waals surface area contributed by atoms with E-state index in [1.165, 1.54) is 0 Å². The summed E-state index contributed by atoms with van der Waals surface area (Å²) in [5.41, 5.74) is 1.62. The Balaban J connectivity index is 1.99. The first-order valence-electron chi connectivity index (χ1n) is 7.57. The van der Waals surface area contributed by atoms with Crippen molar-refractivity contribution in [2.75, 3.05) is 12.4 Å². The van der Waals surface area contributed by atoms with E-state index in [0.717, 1.165) is 5.56 Å². The monoisotopic (exact) mass is 409 g/mol. The number of nitrogens with one attached hydrogen (secondary N) is 1. The second-order valence-electron chi connectivity index (χ2n) is 5.22. The molecule has 0 atom stereocenters. The van der Waals surface area contributed by atoms with Crippen molar-refractivity contribution in [2.45, 2.75) is 10.3 Å². The number of hydrogen-bond donors (Lipinski definition) is 1. The number of halogens is 3. The van der Waals surface area contributed by atoms with E-state index in [0.29, 0.717) is 23.7 Å². The zero-order valence-corrected chi connectivity index (χ0v) is 15.9. The smallest absolute Gasteiger partial charge is 0.250 e. The number of alkyl halides is 3. The molecule has 0 saturated carbocycles. The zero-order valence-electron chi connectivity index (χ0n) is 13.7. The van der Waals surface area contributed by atoms with E-state index in [-0.39, 0.29) is 11.8 Å². The molecule has 0 aliphatic heterocycles. The molecule has 0 fully saturated rings. The van der Waals surface area contributed by atoms with Gasteiger partial charge in [-0.1, -0.05) is 53.0 Å². The summed E-state index contributed by atoms with van der Waals surface area (Å²) < 4.78 is 3.58. The summed E-state index contributed by atoms with van der Waals surface area (Å²) in [6.07, 6.45) is 3.44. The van der Waals surface area contributed by atoms with Crippen LogP contribution in [0.25, 0.3) is 11.4 Å². The summed E-state index contributed by atoms with van der Waals surface area (Å²) in [6, 6.07) is 11.1. The number of anilines is 1. The molecule has 2 aromatic heterocycles. The first-order chi connectivity index (χ1) is 12.5. The molecule has 0 aliphatic rings. The van der Waals surface area contributed by atoms with Gasteiger partial charge in [-0.3, -0.25) is 4.98 Å². The number of benzene rings is 1. The van der Waals surface area contributed by atoms with Crippen molar-refractivity contribution in [1.82, 2.24) is 19.9 Å². The van der Waals surface area contributed by atoms with Crippen LogP contribution in [-0.4, -0.2) is 27.0 Å². The van der Waals surface area contributed by atoms with E-state index >= 15 is 0 Å². The minimum atomic E-state index is -1.79. The molecule has 0 saturated heterocycles. The van der Waals surface area contributed by atoms with Gasteiger partial charge in [0.05, 0.1) is 12.7 Å². The van der Waals surface area contributed by atoms with Gasteiger partial charge in [0, 0.05) is 18.9 Å². The van der Waals surface area contributed by atoms with E-state index in [9.17, 15) is 0 Å². The van der Waals surface area contributed by atoms with Gasteiger partial charge in [-0.2, -0.15) is 9.97 Å². The molecule has 6 nitrogen and oxygen atoms in total. The molecule has 0 aliphatic carbocycles. The summed E-state index contributed by atoms with van der Waals surface area (Å²) in [4.78, 5) is 17.0. The molecule has 9 heteroatoms. The molecule has 0 unspecified atom stereocenters. The molecule has 3 aromatic rings. The van der Waals surface area contributed by atoms with Gasteiger partial charge >= 0.3 is 0 Å². The Bertz CT molecular complexity index is 887. The van der Waals surface area contributed by atoms with Gasteiger partial charge in [0.15, 0.2) is 11.6 Å². The average Bonchev–Trinajstić information content (AvgIpc) is 2.66. The molecule has 0 bridgehead atoms. The van der Waals surface area contributed by atoms with Crippen LogP contribution in [0.4, 0.5) is 5.95 Å². The number of aromatic nitrogens is 4. The first-order valence-corrected chi connectivity index (χ1v) is 8.70. The SMILES string of the molecule is COc1ccccc1-c1nc(NCc2cccnc2)nc(C(Cl)(Cl)Cl)n1. The summed E-state index contributed by atoms with van der Waals surface area (Å²) >= 11 is 18.0. The molecule has 0 radical (unpaired) electrons. The Kier molecular flexibility index (Phi) is 5.76. The van der Waals surface area contributed by atoms with E-state index in [4.69, 9.17) is 39.5 Å². The maximum Gasteiger partial charge on any atom is 0.250 e. The number of nitrogens with zero attached hydrogens (tertiary/aromatic N) is 4. The van der Waals surface area contributed by atoms with Crippen molar-refractivity contribution in [3.8, 4) is 17.1 Å². The van der Waals surface area contributed by atoms with E-state index in [1.54, 1.807) is 25.6 Å². The third-order valence-electron chi connectivity index (χ3n) is 3.41. The van der Waals surface area contributed by atoms with Gasteiger partial charge in [-0.25, -0.2) is 4.98 Å². The summed E-state index contributed by atoms with van der Waals surface area (Å²) in [5, 5.41) is 3.10. The number of hydrogen-bond acceptors (Lipinski definition) is 6. The molecule has 134 valence electrons. The summed E-state index contributed by atoms with van der Waals surface area (Å²) in [6.45, 7) is 0.461. The van der Waals surface area contributed by atoms with Crippen LogP contribution in [0.1, 0.15) is 11.4 Å². The molecule has 1 aromatic carbocycles. The Labute approximate surface area is 165 Å². The fraction of sp³-hybridized carbons (Fsp3) is 0.176. The van der Waals surface area contributed by atoms with Crippen LogP contribution in [-0.2, 0) is 10.3 Å². The highest BCUT2D eigenvalue weighted by Gasteiger charge is 2.29. The Morgan fingerprint density at radius 1 is 1.04 bits per heavy atom. The van der Waals surface area contributed by atoms with Crippen LogP contribution in [0.15, 0.2) is 48.8 Å². The lowest BCUT2D eigenvalue weighted by Crippen LogP contribution is -2.13. The van der Waals surface area contributed by atoms with Crippen molar-refractivity contribution >= 4 is 40.8 Å². The van der Waals surface area contributed by atoms with Crippen molar-refractivity contribution in [3.63, 3.8) is 0 Å². The minimum absolute atomic E-state index is 0.0205.